The maximum absolute atomic E-state index is 5.98. The maximum atomic E-state index is 5.98. The zero-order valence-electron chi connectivity index (χ0n) is 14.2. The molecular formula is C18H22N4O2. The van der Waals surface area contributed by atoms with Crippen LogP contribution in [0.25, 0.3) is 11.0 Å². The average Bonchev–Trinajstić information content (AvgIpc) is 3.25. The zero-order valence-corrected chi connectivity index (χ0v) is 14.2. The van der Waals surface area contributed by atoms with Crippen molar-refractivity contribution >= 4 is 11.0 Å². The molecule has 3 aromatic rings. The molecule has 0 unspecified atom stereocenters. The molecule has 1 N–H and O–H groups in total. The number of aromatic amines is 1. The van der Waals surface area contributed by atoms with Gasteiger partial charge in [0.2, 0.25) is 11.8 Å². The van der Waals surface area contributed by atoms with Gasteiger partial charge in [-0.25, -0.2) is 4.98 Å². The summed E-state index contributed by atoms with van der Waals surface area (Å²) in [5.41, 5.74) is 2.05. The second-order valence-corrected chi connectivity index (χ2v) is 7.48. The minimum atomic E-state index is 0.0539. The van der Waals surface area contributed by atoms with Crippen LogP contribution in [0.3, 0.4) is 0 Å². The highest BCUT2D eigenvalue weighted by molar-refractivity contribution is 5.79. The standard InChI is InChI=1S/C18H22N4O2/c1-18(2,3)15-13(6-8-23-15)17-22-21-14(24-17)9-11-10-20-16-12(11)5-4-7-19-16/h4-5,7,10,13,15H,6,8-9H2,1-3H3,(H,19,20)/t13-,15-/m0/s1. The van der Waals surface area contributed by atoms with E-state index in [1.54, 1.807) is 6.20 Å². The second-order valence-electron chi connectivity index (χ2n) is 7.48. The number of rotatable bonds is 3. The quantitative estimate of drug-likeness (QED) is 0.797. The van der Waals surface area contributed by atoms with Crippen molar-refractivity contribution in [3.63, 3.8) is 0 Å². The van der Waals surface area contributed by atoms with Crippen LogP contribution in [0.15, 0.2) is 28.9 Å². The topological polar surface area (TPSA) is 76.8 Å². The first-order valence-corrected chi connectivity index (χ1v) is 8.37. The van der Waals surface area contributed by atoms with E-state index >= 15 is 0 Å². The van der Waals surface area contributed by atoms with E-state index in [4.69, 9.17) is 9.15 Å². The fraction of sp³-hybridized carbons (Fsp3) is 0.500. The lowest BCUT2D eigenvalue weighted by atomic mass is 9.81. The minimum Gasteiger partial charge on any atom is -0.425 e. The Bertz CT molecular complexity index is 846. The third kappa shape index (κ3) is 2.71. The van der Waals surface area contributed by atoms with Crippen molar-refractivity contribution in [1.29, 1.82) is 0 Å². The Balaban J connectivity index is 1.57. The molecule has 0 aromatic carbocycles. The first-order chi connectivity index (χ1) is 11.5. The molecule has 3 aromatic heterocycles. The van der Waals surface area contributed by atoms with Gasteiger partial charge in [-0.3, -0.25) is 0 Å². The van der Waals surface area contributed by atoms with Crippen LogP contribution in [-0.2, 0) is 11.2 Å². The normalized spacial score (nSPS) is 21.6. The number of hydrogen-bond donors (Lipinski definition) is 1. The number of nitrogens with one attached hydrogen (secondary N) is 1. The van der Waals surface area contributed by atoms with Crippen molar-refractivity contribution in [2.75, 3.05) is 6.61 Å². The molecule has 0 radical (unpaired) electrons. The van der Waals surface area contributed by atoms with Crippen LogP contribution >= 0.6 is 0 Å². The Hall–Kier alpha value is -2.21. The monoisotopic (exact) mass is 326 g/mol. The molecule has 2 atom stereocenters. The molecule has 1 aliphatic heterocycles. The van der Waals surface area contributed by atoms with Crippen LogP contribution in [0.2, 0.25) is 0 Å². The highest BCUT2D eigenvalue weighted by Gasteiger charge is 2.41. The Morgan fingerprint density at radius 2 is 2.17 bits per heavy atom. The predicted octanol–water partition coefficient (Wildman–Crippen LogP) is 3.46. The number of H-pyrrole nitrogens is 1. The van der Waals surface area contributed by atoms with E-state index < -0.39 is 0 Å². The van der Waals surface area contributed by atoms with E-state index in [0.29, 0.717) is 18.2 Å². The van der Waals surface area contributed by atoms with E-state index in [-0.39, 0.29) is 17.4 Å². The number of fused-ring (bicyclic) bond motifs is 1. The summed E-state index contributed by atoms with van der Waals surface area (Å²) in [5.74, 6) is 1.51. The molecule has 0 bridgehead atoms. The lowest BCUT2D eigenvalue weighted by molar-refractivity contribution is 0.0170. The van der Waals surface area contributed by atoms with Gasteiger partial charge in [-0.15, -0.1) is 10.2 Å². The van der Waals surface area contributed by atoms with Gasteiger partial charge in [0.15, 0.2) is 0 Å². The van der Waals surface area contributed by atoms with Crippen molar-refractivity contribution in [3.05, 3.63) is 41.9 Å². The van der Waals surface area contributed by atoms with Gasteiger partial charge in [0.05, 0.1) is 18.4 Å². The number of ether oxygens (including phenoxy) is 1. The molecule has 0 spiro atoms. The smallest absolute Gasteiger partial charge is 0.222 e. The van der Waals surface area contributed by atoms with E-state index in [9.17, 15) is 0 Å². The minimum absolute atomic E-state index is 0.0539. The van der Waals surface area contributed by atoms with Crippen LogP contribution in [0.5, 0.6) is 0 Å². The maximum Gasteiger partial charge on any atom is 0.222 e. The Morgan fingerprint density at radius 3 is 3.00 bits per heavy atom. The molecule has 0 saturated carbocycles. The molecule has 4 rings (SSSR count). The second kappa shape index (κ2) is 5.70. The van der Waals surface area contributed by atoms with Gasteiger partial charge < -0.3 is 14.1 Å². The van der Waals surface area contributed by atoms with Crippen molar-refractivity contribution in [2.24, 2.45) is 5.41 Å². The summed E-state index contributed by atoms with van der Waals surface area (Å²) in [7, 11) is 0. The molecule has 1 saturated heterocycles. The van der Waals surface area contributed by atoms with Crippen LogP contribution < -0.4 is 0 Å². The number of hydrogen-bond acceptors (Lipinski definition) is 5. The molecule has 4 heterocycles. The number of pyridine rings is 1. The van der Waals surface area contributed by atoms with Gasteiger partial charge in [-0.05, 0) is 29.5 Å². The van der Waals surface area contributed by atoms with Crippen molar-refractivity contribution in [2.45, 2.75) is 45.6 Å². The molecule has 1 aliphatic rings. The van der Waals surface area contributed by atoms with E-state index in [1.165, 1.54) is 0 Å². The summed E-state index contributed by atoms with van der Waals surface area (Å²) >= 11 is 0. The number of nitrogens with zero attached hydrogens (tertiary/aromatic N) is 3. The van der Waals surface area contributed by atoms with Crippen LogP contribution in [-0.4, -0.2) is 32.9 Å². The van der Waals surface area contributed by atoms with Crippen molar-refractivity contribution < 1.29 is 9.15 Å². The predicted molar refractivity (Wildman–Crippen MR) is 89.8 cm³/mol. The number of aromatic nitrogens is 4. The summed E-state index contributed by atoms with van der Waals surface area (Å²) < 4.78 is 11.9. The summed E-state index contributed by atoms with van der Waals surface area (Å²) in [6.45, 7) is 7.31. The van der Waals surface area contributed by atoms with Gasteiger partial charge in [0, 0.05) is 24.4 Å². The third-order valence-corrected chi connectivity index (χ3v) is 4.62. The van der Waals surface area contributed by atoms with Crippen molar-refractivity contribution in [3.8, 4) is 0 Å². The molecule has 6 nitrogen and oxygen atoms in total. The highest BCUT2D eigenvalue weighted by Crippen LogP contribution is 2.40. The lowest BCUT2D eigenvalue weighted by Gasteiger charge is -2.29. The fourth-order valence-corrected chi connectivity index (χ4v) is 3.51. The van der Waals surface area contributed by atoms with E-state index in [0.717, 1.165) is 29.6 Å². The van der Waals surface area contributed by atoms with E-state index in [1.807, 2.05) is 18.3 Å². The molecular weight excluding hydrogens is 304 g/mol. The lowest BCUT2D eigenvalue weighted by Crippen LogP contribution is -2.30. The average molecular weight is 326 g/mol. The summed E-state index contributed by atoms with van der Waals surface area (Å²) in [4.78, 5) is 7.49. The summed E-state index contributed by atoms with van der Waals surface area (Å²) in [5, 5.41) is 9.64. The highest BCUT2D eigenvalue weighted by atomic mass is 16.5. The molecule has 24 heavy (non-hydrogen) atoms. The van der Waals surface area contributed by atoms with Gasteiger partial charge in [0.25, 0.3) is 0 Å². The molecule has 1 fully saturated rings. The SMILES string of the molecule is CC(C)(C)[C@H]1OCC[C@@H]1c1nnc(Cc2c[nH]c3ncccc23)o1. The van der Waals surface area contributed by atoms with Gasteiger partial charge >= 0.3 is 0 Å². The molecule has 0 aliphatic carbocycles. The van der Waals surface area contributed by atoms with Crippen molar-refractivity contribution in [1.82, 2.24) is 20.2 Å². The van der Waals surface area contributed by atoms with Crippen LogP contribution in [0.1, 0.15) is 50.5 Å². The molecule has 0 amide bonds. The van der Waals surface area contributed by atoms with Gasteiger partial charge in [0.1, 0.15) is 5.65 Å². The van der Waals surface area contributed by atoms with Gasteiger partial charge in [-0.1, -0.05) is 20.8 Å². The Labute approximate surface area is 140 Å². The first-order valence-electron chi connectivity index (χ1n) is 8.37. The summed E-state index contributed by atoms with van der Waals surface area (Å²) in [6, 6.07) is 3.98. The molecule has 126 valence electrons. The first kappa shape index (κ1) is 15.3. The van der Waals surface area contributed by atoms with Crippen LogP contribution in [0.4, 0.5) is 0 Å². The molecule has 6 heteroatoms. The largest absolute Gasteiger partial charge is 0.425 e. The third-order valence-electron chi connectivity index (χ3n) is 4.62. The summed E-state index contributed by atoms with van der Waals surface area (Å²) in [6.07, 6.45) is 5.38. The van der Waals surface area contributed by atoms with E-state index in [2.05, 4.69) is 40.9 Å². The zero-order chi connectivity index (χ0) is 16.7. The van der Waals surface area contributed by atoms with Gasteiger partial charge in [-0.2, -0.15) is 0 Å². The Kier molecular flexibility index (Phi) is 3.64. The fourth-order valence-electron chi connectivity index (χ4n) is 3.51. The van der Waals surface area contributed by atoms with Crippen LogP contribution in [0, 0.1) is 5.41 Å². The Morgan fingerprint density at radius 1 is 1.29 bits per heavy atom.